The molecular formula is C26H27N3O3S2. The number of anilines is 1. The summed E-state index contributed by atoms with van der Waals surface area (Å²) in [5.41, 5.74) is 5.22. The van der Waals surface area contributed by atoms with E-state index in [9.17, 15) is 13.2 Å². The Balaban J connectivity index is 1.60. The summed E-state index contributed by atoms with van der Waals surface area (Å²) in [5.74, 6) is 0. The zero-order valence-electron chi connectivity index (χ0n) is 19.5. The van der Waals surface area contributed by atoms with Crippen LogP contribution >= 0.6 is 11.8 Å². The Bertz CT molecular complexity index is 1570. The largest absolute Gasteiger partial charge is 0.328 e. The summed E-state index contributed by atoms with van der Waals surface area (Å²) >= 11 is 1.47. The summed E-state index contributed by atoms with van der Waals surface area (Å²) in [5, 5.41) is 0. The van der Waals surface area contributed by atoms with E-state index in [1.807, 2.05) is 43.3 Å². The van der Waals surface area contributed by atoms with Gasteiger partial charge in [0.25, 0.3) is 10.0 Å². The van der Waals surface area contributed by atoms with Crippen LogP contribution in [0.3, 0.4) is 0 Å². The Labute approximate surface area is 203 Å². The highest BCUT2D eigenvalue weighted by molar-refractivity contribution is 7.99. The Morgan fingerprint density at radius 2 is 1.50 bits per heavy atom. The summed E-state index contributed by atoms with van der Waals surface area (Å²) in [6.07, 6.45) is 4.14. The normalized spacial score (nSPS) is 13.7. The number of nitrogens with zero attached hydrogens (tertiary/aromatic N) is 2. The zero-order chi connectivity index (χ0) is 24.0. The molecule has 0 bridgehead atoms. The molecule has 0 radical (unpaired) electrons. The van der Waals surface area contributed by atoms with Crippen molar-refractivity contribution in [1.29, 1.82) is 0 Å². The molecular weight excluding hydrogens is 466 g/mol. The molecule has 0 unspecified atom stereocenters. The second-order valence-electron chi connectivity index (χ2n) is 8.90. The topological polar surface area (TPSA) is 73.1 Å². The number of nitrogens with one attached hydrogen (secondary N) is 1. The van der Waals surface area contributed by atoms with Gasteiger partial charge in [-0.15, -0.1) is 0 Å². The third kappa shape index (κ3) is 4.16. The number of hydrogen-bond donors (Lipinski definition) is 1. The fourth-order valence-corrected chi connectivity index (χ4v) is 6.61. The molecule has 5 rings (SSSR count). The lowest BCUT2D eigenvalue weighted by atomic mass is 9.92. The average Bonchev–Trinajstić information content (AvgIpc) is 3.03. The van der Waals surface area contributed by atoms with Crippen molar-refractivity contribution < 1.29 is 8.42 Å². The van der Waals surface area contributed by atoms with Crippen LogP contribution in [0.2, 0.25) is 0 Å². The molecule has 0 atom stereocenters. The molecule has 1 aliphatic carbocycles. The molecule has 1 aliphatic rings. The van der Waals surface area contributed by atoms with Crippen LogP contribution in [0.25, 0.3) is 11.0 Å². The van der Waals surface area contributed by atoms with E-state index >= 15 is 0 Å². The number of benzene rings is 3. The first-order valence-corrected chi connectivity index (χ1v) is 13.6. The molecule has 0 aliphatic heterocycles. The highest BCUT2D eigenvalue weighted by Crippen LogP contribution is 2.37. The molecule has 0 fully saturated rings. The molecule has 8 heteroatoms. The quantitative estimate of drug-likeness (QED) is 0.424. The van der Waals surface area contributed by atoms with Gasteiger partial charge in [-0.3, -0.25) is 13.9 Å². The highest BCUT2D eigenvalue weighted by Gasteiger charge is 2.21. The summed E-state index contributed by atoms with van der Waals surface area (Å²) in [4.78, 5) is 14.5. The lowest BCUT2D eigenvalue weighted by molar-refractivity contribution is 0.600. The maximum absolute atomic E-state index is 13.4. The first kappa shape index (κ1) is 22.8. The first-order valence-electron chi connectivity index (χ1n) is 11.3. The molecule has 0 amide bonds. The second kappa shape index (κ2) is 8.67. The highest BCUT2D eigenvalue weighted by atomic mass is 32.2. The SMILES string of the molecule is Cc1ccc(Sc2cc3c(cc2NS(=O)(=O)c2ccc4c(c2)CCCC4)n(C)c(=O)n3C)cc1. The summed E-state index contributed by atoms with van der Waals surface area (Å²) in [6, 6.07) is 17.1. The fraction of sp³-hybridized carbons (Fsp3) is 0.269. The maximum atomic E-state index is 13.4. The third-order valence-corrected chi connectivity index (χ3v) is 8.93. The van der Waals surface area contributed by atoms with Gasteiger partial charge in [0, 0.05) is 23.9 Å². The van der Waals surface area contributed by atoms with Gasteiger partial charge in [-0.25, -0.2) is 13.2 Å². The molecule has 0 saturated heterocycles. The van der Waals surface area contributed by atoms with Gasteiger partial charge in [0.05, 0.1) is 21.6 Å². The predicted octanol–water partition coefficient (Wildman–Crippen LogP) is 5.02. The average molecular weight is 494 g/mol. The number of aromatic nitrogens is 2. The molecule has 176 valence electrons. The van der Waals surface area contributed by atoms with Crippen LogP contribution in [-0.2, 0) is 37.0 Å². The van der Waals surface area contributed by atoms with Crippen molar-refractivity contribution in [3.05, 3.63) is 81.8 Å². The number of hydrogen-bond acceptors (Lipinski definition) is 4. The van der Waals surface area contributed by atoms with Crippen molar-refractivity contribution in [2.75, 3.05) is 4.72 Å². The van der Waals surface area contributed by atoms with E-state index in [0.29, 0.717) is 11.2 Å². The lowest BCUT2D eigenvalue weighted by Crippen LogP contribution is -2.19. The van der Waals surface area contributed by atoms with Gasteiger partial charge in [-0.2, -0.15) is 0 Å². The van der Waals surface area contributed by atoms with Crippen molar-refractivity contribution >= 4 is 38.5 Å². The van der Waals surface area contributed by atoms with Gasteiger partial charge in [-0.05, 0) is 80.1 Å². The van der Waals surface area contributed by atoms with Crippen molar-refractivity contribution in [3.63, 3.8) is 0 Å². The smallest absolute Gasteiger partial charge is 0.295 e. The molecule has 0 spiro atoms. The Morgan fingerprint density at radius 3 is 2.21 bits per heavy atom. The van der Waals surface area contributed by atoms with E-state index in [0.717, 1.165) is 52.1 Å². The van der Waals surface area contributed by atoms with Crippen LogP contribution in [0, 0.1) is 6.92 Å². The fourth-order valence-electron chi connectivity index (χ4n) is 4.50. The lowest BCUT2D eigenvalue weighted by Gasteiger charge is -2.18. The van der Waals surface area contributed by atoms with E-state index < -0.39 is 10.0 Å². The monoisotopic (exact) mass is 493 g/mol. The van der Waals surface area contributed by atoms with Crippen LogP contribution in [0.1, 0.15) is 29.5 Å². The maximum Gasteiger partial charge on any atom is 0.328 e. The first-order chi connectivity index (χ1) is 16.2. The van der Waals surface area contributed by atoms with Crippen LogP contribution < -0.4 is 10.4 Å². The minimum absolute atomic E-state index is 0.156. The van der Waals surface area contributed by atoms with Crippen LogP contribution in [0.4, 0.5) is 5.69 Å². The number of rotatable bonds is 5. The molecule has 1 heterocycles. The van der Waals surface area contributed by atoms with Crippen LogP contribution in [0.15, 0.2) is 74.1 Å². The van der Waals surface area contributed by atoms with Gasteiger partial charge in [0.15, 0.2) is 0 Å². The van der Waals surface area contributed by atoms with Crippen LogP contribution in [0.5, 0.6) is 0 Å². The van der Waals surface area contributed by atoms with Gasteiger partial charge in [-0.1, -0.05) is 35.5 Å². The van der Waals surface area contributed by atoms with Gasteiger partial charge in [0.2, 0.25) is 0 Å². The van der Waals surface area contributed by atoms with E-state index in [2.05, 4.69) is 4.72 Å². The van der Waals surface area contributed by atoms with Crippen LogP contribution in [-0.4, -0.2) is 17.6 Å². The number of imidazole rings is 1. The Hall–Kier alpha value is -2.97. The number of aryl methyl sites for hydroxylation is 5. The second-order valence-corrected chi connectivity index (χ2v) is 11.7. The summed E-state index contributed by atoms with van der Waals surface area (Å²) in [6.45, 7) is 2.03. The van der Waals surface area contributed by atoms with E-state index in [1.165, 1.54) is 21.9 Å². The summed E-state index contributed by atoms with van der Waals surface area (Å²) in [7, 11) is -0.393. The minimum atomic E-state index is -3.81. The Kier molecular flexibility index (Phi) is 5.81. The van der Waals surface area contributed by atoms with Gasteiger partial charge in [0.1, 0.15) is 0 Å². The molecule has 3 aromatic carbocycles. The van der Waals surface area contributed by atoms with E-state index in [1.54, 1.807) is 36.9 Å². The summed E-state index contributed by atoms with van der Waals surface area (Å²) < 4.78 is 32.8. The van der Waals surface area contributed by atoms with Gasteiger partial charge < -0.3 is 0 Å². The standard InChI is InChI=1S/C26H27N3O3S2/c1-17-8-11-20(12-9-17)33-25-16-24-23(28(2)26(30)29(24)3)15-22(25)27-34(31,32)21-13-10-18-6-4-5-7-19(18)14-21/h8-16,27H,4-7H2,1-3H3. The predicted molar refractivity (Wildman–Crippen MR) is 137 cm³/mol. The van der Waals surface area contributed by atoms with Crippen molar-refractivity contribution in [2.45, 2.75) is 47.3 Å². The van der Waals surface area contributed by atoms with Crippen molar-refractivity contribution in [1.82, 2.24) is 9.13 Å². The van der Waals surface area contributed by atoms with E-state index in [4.69, 9.17) is 0 Å². The molecule has 0 saturated carbocycles. The van der Waals surface area contributed by atoms with Gasteiger partial charge >= 0.3 is 5.69 Å². The Morgan fingerprint density at radius 1 is 0.853 bits per heavy atom. The van der Waals surface area contributed by atoms with E-state index in [-0.39, 0.29) is 10.6 Å². The molecule has 1 aromatic heterocycles. The van der Waals surface area contributed by atoms with Crippen molar-refractivity contribution in [2.24, 2.45) is 14.1 Å². The van der Waals surface area contributed by atoms with Crippen molar-refractivity contribution in [3.8, 4) is 0 Å². The molecule has 6 nitrogen and oxygen atoms in total. The molecule has 34 heavy (non-hydrogen) atoms. The number of fused-ring (bicyclic) bond motifs is 2. The zero-order valence-corrected chi connectivity index (χ0v) is 21.1. The molecule has 4 aromatic rings. The number of sulfonamides is 1. The third-order valence-electron chi connectivity index (χ3n) is 6.50. The molecule has 1 N–H and O–H groups in total. The minimum Gasteiger partial charge on any atom is -0.295 e.